The van der Waals surface area contributed by atoms with E-state index in [0.717, 1.165) is 19.1 Å². The highest BCUT2D eigenvalue weighted by atomic mass is 15.2. The highest BCUT2D eigenvalue weighted by Crippen LogP contribution is 2.16. The normalized spacial score (nSPS) is 22.6. The van der Waals surface area contributed by atoms with Crippen molar-refractivity contribution in [3.63, 3.8) is 0 Å². The van der Waals surface area contributed by atoms with Crippen LogP contribution in [0.4, 0.5) is 0 Å². The maximum Gasteiger partial charge on any atom is 0.0223 e. The number of likely N-dealkylation sites (tertiary alicyclic amines) is 1. The minimum atomic E-state index is 0.240. The van der Waals surface area contributed by atoms with Crippen molar-refractivity contribution in [1.29, 1.82) is 0 Å². The van der Waals surface area contributed by atoms with Gasteiger partial charge in [-0.2, -0.15) is 0 Å². The monoisotopic (exact) mass is 241 g/mol. The molecule has 1 rings (SSSR count). The maximum absolute atomic E-state index is 3.55. The first-order chi connectivity index (χ1) is 7.92. The van der Waals surface area contributed by atoms with Crippen molar-refractivity contribution in [2.75, 3.05) is 39.8 Å². The molecule has 0 aliphatic carbocycles. The van der Waals surface area contributed by atoms with E-state index in [4.69, 9.17) is 0 Å². The van der Waals surface area contributed by atoms with E-state index in [0.29, 0.717) is 0 Å². The fraction of sp³-hybridized carbons (Fsp3) is 1.00. The van der Waals surface area contributed by atoms with Crippen LogP contribution in [0.2, 0.25) is 0 Å². The van der Waals surface area contributed by atoms with Gasteiger partial charge in [-0.1, -0.05) is 6.92 Å². The second kappa shape index (κ2) is 6.72. The molecule has 17 heavy (non-hydrogen) atoms. The molecule has 1 saturated heterocycles. The zero-order valence-corrected chi connectivity index (χ0v) is 12.4. The third-order valence-electron chi connectivity index (χ3n) is 3.58. The van der Waals surface area contributed by atoms with Crippen molar-refractivity contribution in [1.82, 2.24) is 15.1 Å². The maximum atomic E-state index is 3.55. The molecule has 0 aromatic carbocycles. The van der Waals surface area contributed by atoms with Gasteiger partial charge in [0.1, 0.15) is 0 Å². The number of rotatable bonds is 6. The van der Waals surface area contributed by atoms with Crippen LogP contribution in [0.5, 0.6) is 0 Å². The van der Waals surface area contributed by atoms with E-state index in [1.54, 1.807) is 0 Å². The lowest BCUT2D eigenvalue weighted by molar-refractivity contribution is 0.196. The van der Waals surface area contributed by atoms with Crippen LogP contribution in [-0.2, 0) is 0 Å². The van der Waals surface area contributed by atoms with E-state index >= 15 is 0 Å². The van der Waals surface area contributed by atoms with Gasteiger partial charge in [0, 0.05) is 31.2 Å². The number of nitrogens with zero attached hydrogens (tertiary/aromatic N) is 2. The Balaban J connectivity index is 2.18. The summed E-state index contributed by atoms with van der Waals surface area (Å²) in [5.41, 5.74) is 0.240. The summed E-state index contributed by atoms with van der Waals surface area (Å²) < 4.78 is 0. The van der Waals surface area contributed by atoms with Crippen molar-refractivity contribution in [2.45, 2.75) is 52.1 Å². The second-order valence-electron chi connectivity index (χ2n) is 6.36. The lowest BCUT2D eigenvalue weighted by atomic mass is 10.1. The molecule has 0 saturated carbocycles. The minimum Gasteiger partial charge on any atom is -0.311 e. The molecule has 0 spiro atoms. The third-order valence-corrected chi connectivity index (χ3v) is 3.58. The molecule has 0 radical (unpaired) electrons. The zero-order chi connectivity index (χ0) is 12.9. The Bertz CT molecular complexity index is 210. The molecule has 1 fully saturated rings. The molecule has 0 amide bonds. The van der Waals surface area contributed by atoms with Crippen LogP contribution in [0.15, 0.2) is 0 Å². The van der Waals surface area contributed by atoms with Crippen molar-refractivity contribution in [3.05, 3.63) is 0 Å². The summed E-state index contributed by atoms with van der Waals surface area (Å²) in [6, 6.07) is 0.791. The van der Waals surface area contributed by atoms with E-state index in [2.05, 4.69) is 49.9 Å². The van der Waals surface area contributed by atoms with Crippen molar-refractivity contribution >= 4 is 0 Å². The van der Waals surface area contributed by atoms with Gasteiger partial charge in [-0.25, -0.2) is 0 Å². The number of nitrogens with one attached hydrogen (secondary N) is 1. The third kappa shape index (κ3) is 5.84. The summed E-state index contributed by atoms with van der Waals surface area (Å²) >= 11 is 0. The molecule has 3 heteroatoms. The molecule has 102 valence electrons. The molecule has 1 unspecified atom stereocenters. The van der Waals surface area contributed by atoms with Gasteiger partial charge >= 0.3 is 0 Å². The van der Waals surface area contributed by atoms with Gasteiger partial charge in [0.2, 0.25) is 0 Å². The molecule has 1 aliphatic rings. The average Bonchev–Trinajstić information content (AvgIpc) is 2.63. The summed E-state index contributed by atoms with van der Waals surface area (Å²) in [5.74, 6) is 0. The van der Waals surface area contributed by atoms with Crippen molar-refractivity contribution < 1.29 is 0 Å². The van der Waals surface area contributed by atoms with Crippen molar-refractivity contribution in [2.24, 2.45) is 0 Å². The average molecular weight is 241 g/mol. The first-order valence-electron chi connectivity index (χ1n) is 7.10. The molecular formula is C14H31N3. The van der Waals surface area contributed by atoms with Crippen molar-refractivity contribution in [3.8, 4) is 0 Å². The van der Waals surface area contributed by atoms with E-state index < -0.39 is 0 Å². The van der Waals surface area contributed by atoms with Crippen LogP contribution in [-0.4, -0.2) is 61.2 Å². The number of likely N-dealkylation sites (N-methyl/N-ethyl adjacent to an activating group) is 2. The van der Waals surface area contributed by atoms with Gasteiger partial charge in [-0.05, 0) is 53.8 Å². The van der Waals surface area contributed by atoms with Crippen LogP contribution in [0.3, 0.4) is 0 Å². The van der Waals surface area contributed by atoms with Gasteiger partial charge in [0.05, 0.1) is 0 Å². The fourth-order valence-electron chi connectivity index (χ4n) is 2.59. The smallest absolute Gasteiger partial charge is 0.0223 e. The predicted octanol–water partition coefficient (Wildman–Crippen LogP) is 1.79. The van der Waals surface area contributed by atoms with Gasteiger partial charge in [-0.15, -0.1) is 0 Å². The Morgan fingerprint density at radius 1 is 1.35 bits per heavy atom. The van der Waals surface area contributed by atoms with E-state index in [1.807, 2.05) is 0 Å². The SMILES string of the molecule is CCN1CCCC1CN(C)CCNC(C)(C)C. The number of hydrogen-bond acceptors (Lipinski definition) is 3. The fourth-order valence-corrected chi connectivity index (χ4v) is 2.59. The predicted molar refractivity (Wildman–Crippen MR) is 75.5 cm³/mol. The van der Waals surface area contributed by atoms with Gasteiger partial charge in [0.25, 0.3) is 0 Å². The van der Waals surface area contributed by atoms with E-state index in [1.165, 1.54) is 32.5 Å². The van der Waals surface area contributed by atoms with Gasteiger partial charge < -0.3 is 10.2 Å². The Kier molecular flexibility index (Phi) is 5.90. The lowest BCUT2D eigenvalue weighted by Crippen LogP contribution is -2.44. The van der Waals surface area contributed by atoms with Crippen LogP contribution in [0, 0.1) is 0 Å². The molecule has 0 aromatic rings. The van der Waals surface area contributed by atoms with E-state index in [-0.39, 0.29) is 5.54 Å². The van der Waals surface area contributed by atoms with Crippen LogP contribution in [0.1, 0.15) is 40.5 Å². The molecule has 3 nitrogen and oxygen atoms in total. The molecule has 1 aliphatic heterocycles. The number of hydrogen-bond donors (Lipinski definition) is 1. The summed E-state index contributed by atoms with van der Waals surface area (Å²) in [6.45, 7) is 14.9. The van der Waals surface area contributed by atoms with Crippen LogP contribution < -0.4 is 5.32 Å². The molecular weight excluding hydrogens is 210 g/mol. The minimum absolute atomic E-state index is 0.240. The van der Waals surface area contributed by atoms with Gasteiger partial charge in [0.15, 0.2) is 0 Å². The first kappa shape index (κ1) is 14.9. The Morgan fingerprint density at radius 2 is 2.06 bits per heavy atom. The summed E-state index contributed by atoms with van der Waals surface area (Å²) in [4.78, 5) is 5.09. The van der Waals surface area contributed by atoms with Gasteiger partial charge in [-0.3, -0.25) is 4.90 Å². The largest absolute Gasteiger partial charge is 0.311 e. The molecule has 1 atom stereocenters. The van der Waals surface area contributed by atoms with E-state index in [9.17, 15) is 0 Å². The lowest BCUT2D eigenvalue weighted by Gasteiger charge is -2.29. The summed E-state index contributed by atoms with van der Waals surface area (Å²) in [7, 11) is 2.25. The second-order valence-corrected chi connectivity index (χ2v) is 6.36. The zero-order valence-electron chi connectivity index (χ0n) is 12.4. The topological polar surface area (TPSA) is 18.5 Å². The standard InChI is InChI=1S/C14H31N3/c1-6-17-10-7-8-13(17)12-16(5)11-9-15-14(2,3)4/h13,15H,6-12H2,1-5H3. The summed E-state index contributed by atoms with van der Waals surface area (Å²) in [5, 5.41) is 3.55. The Morgan fingerprint density at radius 3 is 2.65 bits per heavy atom. The molecule has 1 heterocycles. The molecule has 0 bridgehead atoms. The quantitative estimate of drug-likeness (QED) is 0.765. The van der Waals surface area contributed by atoms with Crippen LogP contribution in [0.25, 0.3) is 0 Å². The highest BCUT2D eigenvalue weighted by molar-refractivity contribution is 4.81. The Labute approximate surface area is 108 Å². The van der Waals surface area contributed by atoms with Crippen LogP contribution >= 0.6 is 0 Å². The molecule has 0 aromatic heterocycles. The Hall–Kier alpha value is -0.120. The highest BCUT2D eigenvalue weighted by Gasteiger charge is 2.23. The molecule has 1 N–H and O–H groups in total. The first-order valence-corrected chi connectivity index (χ1v) is 7.10. The summed E-state index contributed by atoms with van der Waals surface area (Å²) in [6.07, 6.45) is 2.76.